The molecule has 32 valence electrons. The van der Waals surface area contributed by atoms with Crippen LogP contribution in [0.4, 0.5) is 9.41 Å². The zero-order valence-corrected chi connectivity index (χ0v) is 1.52. The zero-order chi connectivity index (χ0) is 0. The van der Waals surface area contributed by atoms with Gasteiger partial charge in [0.2, 0.25) is 0 Å². The molecule has 0 rings (SSSR count). The lowest BCUT2D eigenvalue weighted by Gasteiger charge is -0.344. The van der Waals surface area contributed by atoms with Crippen molar-refractivity contribution in [3.8, 4) is 0 Å². The van der Waals surface area contributed by atoms with Crippen molar-refractivity contribution in [2.75, 3.05) is 0 Å². The fourth-order valence-electron chi connectivity index (χ4n) is 0. The smallest absolute Gasteiger partial charge is 0.0149 e. The van der Waals surface area contributed by atoms with Crippen LogP contribution in [0.25, 0.3) is 0 Å². The molecule has 0 radical (unpaired) electrons. The topological polar surface area (TPSA) is 35.0 Å². The van der Waals surface area contributed by atoms with Crippen molar-refractivity contribution in [3.63, 3.8) is 0 Å². The van der Waals surface area contributed by atoms with E-state index in [-0.39, 0.29) is 26.5 Å². The highest BCUT2D eigenvalue weighted by Crippen LogP contribution is 0.421. The molecule has 0 aliphatic rings. The highest BCUT2D eigenvalue weighted by Gasteiger charge is -0.0148. The molecule has 0 saturated heterocycles. The van der Waals surface area contributed by atoms with Gasteiger partial charge < -0.3 is 6.15 Å². The molecule has 0 atom stereocenters. The molecule has 0 aliphatic heterocycles. The summed E-state index contributed by atoms with van der Waals surface area (Å²) in [6.07, 6.45) is 0. The second kappa shape index (κ2) is 9260. The molecule has 0 aromatic rings. The van der Waals surface area contributed by atoms with Crippen LogP contribution in [0.15, 0.2) is 0 Å². The van der Waals surface area contributed by atoms with E-state index in [0.717, 1.165) is 0 Å². The van der Waals surface area contributed by atoms with Crippen LogP contribution in [0.2, 0.25) is 0 Å². The van der Waals surface area contributed by atoms with Crippen LogP contribution in [0.1, 0.15) is 0 Å². The summed E-state index contributed by atoms with van der Waals surface area (Å²) in [6, 6.07) is 0. The predicted octanol–water partition coefficient (Wildman–Crippen LogP) is -0.985. The summed E-state index contributed by atoms with van der Waals surface area (Å²) >= 11 is 0. The van der Waals surface area contributed by atoms with Crippen LogP contribution in [-0.4, -0.2) is 11.0 Å². The fraction of sp³-hybridized carbons (Fsp3) is 0. The van der Waals surface area contributed by atoms with E-state index < -0.39 is 0 Å². The minimum absolute atomic E-state index is 0. The summed E-state index contributed by atoms with van der Waals surface area (Å²) in [5.74, 6) is 0. The Balaban J connectivity index is 0. The van der Waals surface area contributed by atoms with E-state index in [1.807, 2.05) is 0 Å². The Kier molecular flexibility index (Phi) is 63400000. The van der Waals surface area contributed by atoms with Crippen molar-refractivity contribution in [1.82, 2.24) is 6.15 Å². The maximum absolute atomic E-state index is 0. The van der Waals surface area contributed by atoms with E-state index in [4.69, 9.17) is 0 Å². The minimum Gasteiger partial charge on any atom is -0.344 e. The van der Waals surface area contributed by atoms with Gasteiger partial charge in [0.15, 0.2) is 0 Å². The van der Waals surface area contributed by atoms with Crippen LogP contribution >= 0.6 is 0 Å². The quantitative estimate of drug-likeness (QED) is 0.380. The second-order valence-corrected chi connectivity index (χ2v) is 0. The summed E-state index contributed by atoms with van der Waals surface area (Å²) in [4.78, 5) is 0. The maximum atomic E-state index is 0. The van der Waals surface area contributed by atoms with Gasteiger partial charge in [0.1, 0.15) is 0 Å². The molecule has 4 heteroatoms. The summed E-state index contributed by atoms with van der Waals surface area (Å²) in [6.45, 7) is 0. The molecule has 0 saturated carbocycles. The lowest BCUT2D eigenvalue weighted by atomic mass is 14.0. The second-order valence-electron chi connectivity index (χ2n) is 0. The molecule has 0 heterocycles. The Morgan fingerprint density at radius 3 is 0.750 bits per heavy atom. The number of rotatable bonds is 0. The third-order valence-corrected chi connectivity index (χ3v) is 0. The van der Waals surface area contributed by atoms with Gasteiger partial charge in [0.25, 0.3) is 0 Å². The number of halogens is 2. The summed E-state index contributed by atoms with van der Waals surface area (Å²) in [5, 5.41) is 0. The molecule has 0 aromatic heterocycles. The summed E-state index contributed by atoms with van der Waals surface area (Å²) < 4.78 is 0. The molecule has 0 bridgehead atoms. The normalized spacial score (nSPS) is 0. The molecule has 0 unspecified atom stereocenters. The van der Waals surface area contributed by atoms with E-state index in [2.05, 4.69) is 0 Å². The summed E-state index contributed by atoms with van der Waals surface area (Å²) in [7, 11) is 0. The van der Waals surface area contributed by atoms with Gasteiger partial charge in [-0.3, -0.25) is 9.41 Å². The standard InChI is InChI=1S/2FH.H3N.H4Si/h2*1H;1H3;1H4. The summed E-state index contributed by atoms with van der Waals surface area (Å²) in [5.41, 5.74) is 0. The zero-order valence-electron chi connectivity index (χ0n) is 1.52. The van der Waals surface area contributed by atoms with Gasteiger partial charge in [-0.25, -0.2) is 0 Å². The molecule has 0 spiro atoms. The van der Waals surface area contributed by atoms with Crippen LogP contribution in [0.5, 0.6) is 0 Å². The van der Waals surface area contributed by atoms with Gasteiger partial charge in [0, 0.05) is 0 Å². The average Bonchev–Trinajstić information content (AvgIpc) is 0. The van der Waals surface area contributed by atoms with E-state index >= 15 is 0 Å². The van der Waals surface area contributed by atoms with E-state index in [9.17, 15) is 0 Å². The first kappa shape index (κ1) is 27400. The van der Waals surface area contributed by atoms with Crippen molar-refractivity contribution in [2.24, 2.45) is 0 Å². The fourth-order valence-corrected chi connectivity index (χ4v) is 0. The third kappa shape index (κ3) is 1610. The maximum Gasteiger partial charge on any atom is -0.0149 e. The lowest BCUT2D eigenvalue weighted by Crippen LogP contribution is -0.481. The molecule has 1 nitrogen and oxygen atoms in total. The van der Waals surface area contributed by atoms with Gasteiger partial charge in [-0.1, -0.05) is 0 Å². The Morgan fingerprint density at radius 1 is 0.750 bits per heavy atom. The van der Waals surface area contributed by atoms with Crippen LogP contribution in [-0.2, 0) is 0 Å². The van der Waals surface area contributed by atoms with Crippen molar-refractivity contribution in [3.05, 3.63) is 0 Å². The van der Waals surface area contributed by atoms with Gasteiger partial charge >= 0.3 is 0 Å². The van der Waals surface area contributed by atoms with E-state index in [0.29, 0.717) is 0 Å². The first-order valence-electron chi connectivity index (χ1n) is 0. The first-order valence-corrected chi connectivity index (χ1v) is 0. The van der Waals surface area contributed by atoms with E-state index in [1.165, 1.54) is 0 Å². The number of hydrogen-bond acceptors (Lipinski definition) is 1. The Hall–Kier alpha value is 0.0369. The van der Waals surface area contributed by atoms with Crippen molar-refractivity contribution < 1.29 is 9.41 Å². The van der Waals surface area contributed by atoms with Gasteiger partial charge in [-0.15, -0.1) is 0 Å². The highest BCUT2D eigenvalue weighted by molar-refractivity contribution is 5.75. The van der Waals surface area contributed by atoms with Crippen molar-refractivity contribution in [1.29, 1.82) is 0 Å². The molecule has 0 aliphatic carbocycles. The SMILES string of the molecule is F.F.N.[SiH4]. The monoisotopic (exact) mass is 89.0 g/mol. The van der Waals surface area contributed by atoms with Gasteiger partial charge in [-0.05, 0) is 11.0 Å². The Labute approximate surface area is 27.7 Å². The van der Waals surface area contributed by atoms with Crippen LogP contribution in [0.3, 0.4) is 0 Å². The largest absolute Gasteiger partial charge is 0.344 e. The molecule has 0 amide bonds. The Morgan fingerprint density at radius 2 is 0.750 bits per heavy atom. The molecular weight excluding hydrogens is 80.1 g/mol. The van der Waals surface area contributed by atoms with E-state index in [1.54, 1.807) is 0 Å². The van der Waals surface area contributed by atoms with Crippen molar-refractivity contribution >= 4 is 11.0 Å². The van der Waals surface area contributed by atoms with Crippen LogP contribution < -0.4 is 6.15 Å². The lowest BCUT2D eigenvalue weighted by molar-refractivity contribution is 1.11. The highest BCUT2D eigenvalue weighted by atomic mass is 28.1. The van der Waals surface area contributed by atoms with Gasteiger partial charge in [-0.2, -0.15) is 0 Å². The van der Waals surface area contributed by atoms with Gasteiger partial charge in [0.05, 0.1) is 0 Å². The average molecular weight is 89.2 g/mol. The third-order valence-electron chi connectivity index (χ3n) is 0. The predicted molar refractivity (Wildman–Crippen MR) is 21.4 cm³/mol. The minimum atomic E-state index is 0. The first-order chi connectivity index (χ1) is 0. The van der Waals surface area contributed by atoms with Crippen LogP contribution in [0, 0.1) is 0 Å². The number of hydrogen-bond donors (Lipinski definition) is 1. The molecule has 3 N–H and O–H groups in total. The molecule has 0 aromatic carbocycles. The molecule has 0 fully saturated rings. The molecule has 4 heavy (non-hydrogen) atoms. The Bertz CT molecular complexity index is 6.00. The molecular formula is H9F2NSi. The van der Waals surface area contributed by atoms with Crippen molar-refractivity contribution in [2.45, 2.75) is 0 Å².